The molecule has 0 aliphatic carbocycles. The number of aromatic nitrogens is 8. The van der Waals surface area contributed by atoms with Gasteiger partial charge >= 0.3 is 0 Å². The molecule has 35 heavy (non-hydrogen) atoms. The Kier molecular flexibility index (Phi) is 6.48. The number of fused-ring (bicyclic) bond motifs is 1. The molecule has 1 aromatic carbocycles. The van der Waals surface area contributed by atoms with Gasteiger partial charge in [0, 0.05) is 37.7 Å². The first-order valence-electron chi connectivity index (χ1n) is 10.9. The largest absolute Gasteiger partial charge is 0.448 e. The zero-order valence-electron chi connectivity index (χ0n) is 18.5. The van der Waals surface area contributed by atoms with Gasteiger partial charge in [0.05, 0.1) is 23.3 Å². The summed E-state index contributed by atoms with van der Waals surface area (Å²) in [4.78, 5) is 28.2. The number of imidazole rings is 1. The molecular weight excluding hydrogens is 455 g/mol. The number of aromatic amines is 2. The molecule has 12 nitrogen and oxygen atoms in total. The fourth-order valence-corrected chi connectivity index (χ4v) is 3.46. The number of H-pyrrole nitrogens is 2. The molecule has 4 heterocycles. The number of nitrogens with zero attached hydrogens (tertiary/aromatic N) is 6. The lowest BCUT2D eigenvalue weighted by atomic mass is 10.2. The van der Waals surface area contributed by atoms with Crippen LogP contribution in [0.2, 0.25) is 0 Å². The molecule has 4 aromatic heterocycles. The van der Waals surface area contributed by atoms with E-state index in [4.69, 9.17) is 4.42 Å². The predicted molar refractivity (Wildman–Crippen MR) is 121 cm³/mol. The van der Waals surface area contributed by atoms with Gasteiger partial charge in [-0.25, -0.2) is 14.4 Å². The van der Waals surface area contributed by atoms with Crippen LogP contribution in [0.25, 0.3) is 22.4 Å². The van der Waals surface area contributed by atoms with Crippen molar-refractivity contribution in [2.45, 2.75) is 19.4 Å². The first-order valence-corrected chi connectivity index (χ1v) is 10.9. The van der Waals surface area contributed by atoms with E-state index in [0.29, 0.717) is 37.6 Å². The molecule has 0 spiro atoms. The number of rotatable bonds is 10. The topological polar surface area (TPSA) is 163 Å². The molecule has 0 aliphatic rings. The summed E-state index contributed by atoms with van der Waals surface area (Å²) in [5.74, 6) is 0.891. The number of nitrogens with one attached hydrogen (secondary N) is 4. The minimum absolute atomic E-state index is 0.0323. The van der Waals surface area contributed by atoms with E-state index in [1.165, 1.54) is 24.6 Å². The Bertz CT molecular complexity index is 1430. The number of oxazole rings is 1. The molecule has 5 aromatic rings. The van der Waals surface area contributed by atoms with Crippen LogP contribution in [0.4, 0.5) is 4.39 Å². The third-order valence-corrected chi connectivity index (χ3v) is 5.22. The van der Waals surface area contributed by atoms with Crippen molar-refractivity contribution in [3.8, 4) is 11.4 Å². The molecule has 178 valence electrons. The normalized spacial score (nSPS) is 11.2. The van der Waals surface area contributed by atoms with E-state index < -0.39 is 11.7 Å². The summed E-state index contributed by atoms with van der Waals surface area (Å²) in [5.41, 5.74) is 2.91. The Morgan fingerprint density at radius 3 is 2.91 bits per heavy atom. The molecule has 13 heteroatoms. The summed E-state index contributed by atoms with van der Waals surface area (Å²) < 4.78 is 19.0. The summed E-state index contributed by atoms with van der Waals surface area (Å²) in [6.45, 7) is 1.28. The van der Waals surface area contributed by atoms with Gasteiger partial charge in [0.2, 0.25) is 5.82 Å². The maximum absolute atomic E-state index is 13.6. The molecule has 0 atom stereocenters. The van der Waals surface area contributed by atoms with Crippen molar-refractivity contribution in [3.05, 3.63) is 71.7 Å². The molecule has 1 amide bonds. The highest BCUT2D eigenvalue weighted by molar-refractivity contribution is 5.91. The van der Waals surface area contributed by atoms with E-state index in [9.17, 15) is 9.18 Å². The van der Waals surface area contributed by atoms with Crippen molar-refractivity contribution < 1.29 is 13.6 Å². The number of benzene rings is 1. The van der Waals surface area contributed by atoms with E-state index in [-0.39, 0.29) is 17.9 Å². The highest BCUT2D eigenvalue weighted by Crippen LogP contribution is 2.19. The fraction of sp³-hybridized carbons (Fsp3) is 0.227. The molecule has 0 unspecified atom stereocenters. The quantitative estimate of drug-likeness (QED) is 0.219. The van der Waals surface area contributed by atoms with Crippen LogP contribution in [0.1, 0.15) is 27.9 Å². The fourth-order valence-electron chi connectivity index (χ4n) is 3.46. The Labute approximate surface area is 197 Å². The number of halogens is 1. The number of carbonyl (C=O) groups excluding carboxylic acids is 1. The molecule has 0 fully saturated rings. The van der Waals surface area contributed by atoms with Gasteiger partial charge in [-0.1, -0.05) is 0 Å². The molecule has 4 N–H and O–H groups in total. The number of tetrazole rings is 1. The van der Waals surface area contributed by atoms with Crippen LogP contribution in [0.15, 0.2) is 47.2 Å². The third-order valence-electron chi connectivity index (χ3n) is 5.22. The molecule has 0 bridgehead atoms. The first-order chi connectivity index (χ1) is 17.2. The SMILES string of the molecule is O=C(NCc1ncccc1F)c1coc(CCNCCc2nc3ccc(-c4nn[nH]n4)cc3[nH]2)n1. The smallest absolute Gasteiger partial charge is 0.273 e. The lowest BCUT2D eigenvalue weighted by Crippen LogP contribution is -2.24. The van der Waals surface area contributed by atoms with E-state index in [1.54, 1.807) is 0 Å². The highest BCUT2D eigenvalue weighted by Gasteiger charge is 2.13. The highest BCUT2D eigenvalue weighted by atomic mass is 19.1. The molecule has 0 saturated carbocycles. The predicted octanol–water partition coefficient (Wildman–Crippen LogP) is 1.57. The van der Waals surface area contributed by atoms with Crippen LogP contribution in [-0.4, -0.2) is 59.6 Å². The van der Waals surface area contributed by atoms with Crippen molar-refractivity contribution in [3.63, 3.8) is 0 Å². The van der Waals surface area contributed by atoms with Crippen LogP contribution in [0.3, 0.4) is 0 Å². The minimum Gasteiger partial charge on any atom is -0.448 e. The van der Waals surface area contributed by atoms with Crippen molar-refractivity contribution in [2.24, 2.45) is 0 Å². The van der Waals surface area contributed by atoms with Crippen LogP contribution >= 0.6 is 0 Å². The van der Waals surface area contributed by atoms with Crippen LogP contribution in [0, 0.1) is 5.82 Å². The maximum atomic E-state index is 13.6. The van der Waals surface area contributed by atoms with E-state index in [0.717, 1.165) is 22.4 Å². The minimum atomic E-state index is -0.476. The van der Waals surface area contributed by atoms with Crippen molar-refractivity contribution in [1.29, 1.82) is 0 Å². The standard InChI is InChI=1S/C22H21FN10O2/c23-14-2-1-7-25-17(14)11-26-22(34)18-12-35-20(29-18)6-9-24-8-5-19-27-15-4-3-13(10-16(15)28-19)21-30-32-33-31-21/h1-4,7,10,12,24H,5-6,8-9,11H2,(H,26,34)(H,27,28)(H,30,31,32,33). The van der Waals surface area contributed by atoms with E-state index in [2.05, 4.69) is 51.2 Å². The van der Waals surface area contributed by atoms with Crippen molar-refractivity contribution in [2.75, 3.05) is 13.1 Å². The summed E-state index contributed by atoms with van der Waals surface area (Å²) in [7, 11) is 0. The molecule has 0 aliphatic heterocycles. The van der Waals surface area contributed by atoms with Gasteiger partial charge in [-0.05, 0) is 35.5 Å². The number of pyridine rings is 1. The van der Waals surface area contributed by atoms with Gasteiger partial charge in [-0.3, -0.25) is 9.78 Å². The molecule has 0 saturated heterocycles. The average molecular weight is 476 g/mol. The van der Waals surface area contributed by atoms with Crippen LogP contribution < -0.4 is 10.6 Å². The third kappa shape index (κ3) is 5.35. The summed E-state index contributed by atoms with van der Waals surface area (Å²) in [6.07, 6.45) is 3.97. The lowest BCUT2D eigenvalue weighted by Gasteiger charge is -2.03. The number of carbonyl (C=O) groups is 1. The Morgan fingerprint density at radius 2 is 2.06 bits per heavy atom. The summed E-state index contributed by atoms with van der Waals surface area (Å²) in [6, 6.07) is 8.53. The second-order valence-electron chi connectivity index (χ2n) is 7.64. The number of hydrogen-bond acceptors (Lipinski definition) is 9. The monoisotopic (exact) mass is 476 g/mol. The number of hydrogen-bond donors (Lipinski definition) is 4. The van der Waals surface area contributed by atoms with Crippen LogP contribution in [-0.2, 0) is 19.4 Å². The van der Waals surface area contributed by atoms with Gasteiger partial charge in [0.15, 0.2) is 11.6 Å². The zero-order valence-corrected chi connectivity index (χ0v) is 18.5. The Balaban J connectivity index is 1.06. The summed E-state index contributed by atoms with van der Waals surface area (Å²) in [5, 5.41) is 19.9. The number of amides is 1. The first kappa shape index (κ1) is 22.3. The Hall–Kier alpha value is -4.52. The van der Waals surface area contributed by atoms with E-state index in [1.807, 2.05) is 18.2 Å². The molecule has 5 rings (SSSR count). The van der Waals surface area contributed by atoms with Gasteiger partial charge < -0.3 is 20.0 Å². The van der Waals surface area contributed by atoms with Crippen molar-refractivity contribution in [1.82, 2.24) is 51.2 Å². The Morgan fingerprint density at radius 1 is 1.14 bits per heavy atom. The molecule has 0 radical (unpaired) electrons. The summed E-state index contributed by atoms with van der Waals surface area (Å²) >= 11 is 0. The van der Waals surface area contributed by atoms with Gasteiger partial charge in [0.1, 0.15) is 17.9 Å². The van der Waals surface area contributed by atoms with Gasteiger partial charge in [-0.15, -0.1) is 10.2 Å². The van der Waals surface area contributed by atoms with Crippen LogP contribution in [0.5, 0.6) is 0 Å². The second kappa shape index (κ2) is 10.2. The zero-order chi connectivity index (χ0) is 24.0. The maximum Gasteiger partial charge on any atom is 0.273 e. The average Bonchev–Trinajstić information content (AvgIpc) is 3.63. The molecular formula is C22H21FN10O2. The van der Waals surface area contributed by atoms with E-state index >= 15 is 0 Å². The lowest BCUT2D eigenvalue weighted by molar-refractivity contribution is 0.0945. The second-order valence-corrected chi connectivity index (χ2v) is 7.64. The van der Waals surface area contributed by atoms with Crippen molar-refractivity contribution >= 4 is 16.9 Å². The van der Waals surface area contributed by atoms with Gasteiger partial charge in [0.25, 0.3) is 5.91 Å². The van der Waals surface area contributed by atoms with Gasteiger partial charge in [-0.2, -0.15) is 5.21 Å².